The van der Waals surface area contributed by atoms with E-state index in [0.717, 1.165) is 32.1 Å². The molecule has 2 rings (SSSR count). The number of ether oxygens (including phenoxy) is 2. The van der Waals surface area contributed by atoms with Crippen LogP contribution in [0.3, 0.4) is 0 Å². The summed E-state index contributed by atoms with van der Waals surface area (Å²) in [7, 11) is 0. The smallest absolute Gasteiger partial charge is 0.191 e. The van der Waals surface area contributed by atoms with E-state index in [1.807, 2.05) is 29.2 Å². The zero-order valence-electron chi connectivity index (χ0n) is 11.7. The summed E-state index contributed by atoms with van der Waals surface area (Å²) >= 11 is 0. The van der Waals surface area contributed by atoms with Crippen LogP contribution < -0.4 is 10.5 Å². The molecule has 0 saturated carbocycles. The van der Waals surface area contributed by atoms with Crippen LogP contribution in [0.15, 0.2) is 29.3 Å². The fourth-order valence-electron chi connectivity index (χ4n) is 1.85. The number of hydrogen-bond donors (Lipinski definition) is 1. The second-order valence-electron chi connectivity index (χ2n) is 4.50. The van der Waals surface area contributed by atoms with Crippen LogP contribution in [0, 0.1) is 6.92 Å². The van der Waals surface area contributed by atoms with Crippen molar-refractivity contribution in [3.63, 3.8) is 0 Å². The van der Waals surface area contributed by atoms with Crippen molar-refractivity contribution >= 4 is 29.9 Å². The first-order chi connectivity index (χ1) is 9.25. The van der Waals surface area contributed by atoms with Crippen LogP contribution in [0.5, 0.6) is 5.75 Å². The molecule has 6 heteroatoms. The summed E-state index contributed by atoms with van der Waals surface area (Å²) in [5, 5.41) is 0. The van der Waals surface area contributed by atoms with E-state index in [1.54, 1.807) is 0 Å². The van der Waals surface area contributed by atoms with Gasteiger partial charge in [0, 0.05) is 13.1 Å². The molecule has 1 aliphatic heterocycles. The fourth-order valence-corrected chi connectivity index (χ4v) is 1.85. The normalized spacial score (nSPS) is 15.7. The summed E-state index contributed by atoms with van der Waals surface area (Å²) in [4.78, 5) is 6.36. The number of morpholine rings is 1. The van der Waals surface area contributed by atoms with Gasteiger partial charge >= 0.3 is 0 Å². The average Bonchev–Trinajstić information content (AvgIpc) is 2.46. The zero-order chi connectivity index (χ0) is 13.5. The molecular weight excluding hydrogens is 369 g/mol. The van der Waals surface area contributed by atoms with Gasteiger partial charge in [-0.25, -0.2) is 4.99 Å². The topological polar surface area (TPSA) is 60.1 Å². The summed E-state index contributed by atoms with van der Waals surface area (Å²) in [5.74, 6) is 1.45. The predicted octanol–water partition coefficient (Wildman–Crippen LogP) is 1.64. The molecule has 2 N–H and O–H groups in total. The van der Waals surface area contributed by atoms with E-state index < -0.39 is 0 Å². The van der Waals surface area contributed by atoms with E-state index in [1.165, 1.54) is 5.56 Å². The molecule has 1 fully saturated rings. The summed E-state index contributed by atoms with van der Waals surface area (Å²) in [6.45, 7) is 6.22. The molecule has 1 heterocycles. The Morgan fingerprint density at radius 1 is 1.30 bits per heavy atom. The quantitative estimate of drug-likeness (QED) is 0.367. The lowest BCUT2D eigenvalue weighted by Crippen LogP contribution is -2.45. The summed E-state index contributed by atoms with van der Waals surface area (Å²) in [5.41, 5.74) is 7.14. The molecule has 0 spiro atoms. The molecular formula is C14H22IN3O2. The third-order valence-corrected chi connectivity index (χ3v) is 2.99. The third-order valence-electron chi connectivity index (χ3n) is 2.99. The Kier molecular flexibility index (Phi) is 7.68. The van der Waals surface area contributed by atoms with E-state index >= 15 is 0 Å². The lowest BCUT2D eigenvalue weighted by Gasteiger charge is -2.27. The van der Waals surface area contributed by atoms with Gasteiger partial charge in [-0.3, -0.25) is 0 Å². The Balaban J connectivity index is 0.00000200. The number of nitrogens with zero attached hydrogens (tertiary/aromatic N) is 2. The number of rotatable bonds is 4. The van der Waals surface area contributed by atoms with Gasteiger partial charge in [-0.15, -0.1) is 24.0 Å². The number of aliphatic imine (C=N–C) groups is 1. The van der Waals surface area contributed by atoms with Gasteiger partial charge in [-0.1, -0.05) is 17.7 Å². The van der Waals surface area contributed by atoms with Gasteiger partial charge < -0.3 is 20.1 Å². The molecule has 0 radical (unpaired) electrons. The molecule has 1 saturated heterocycles. The van der Waals surface area contributed by atoms with Crippen molar-refractivity contribution in [1.29, 1.82) is 0 Å². The molecule has 112 valence electrons. The van der Waals surface area contributed by atoms with Crippen LogP contribution in [0.2, 0.25) is 0 Å². The van der Waals surface area contributed by atoms with Crippen LogP contribution in [-0.2, 0) is 4.74 Å². The van der Waals surface area contributed by atoms with Crippen molar-refractivity contribution < 1.29 is 9.47 Å². The lowest BCUT2D eigenvalue weighted by molar-refractivity contribution is 0.0674. The van der Waals surface area contributed by atoms with Crippen molar-refractivity contribution in [2.75, 3.05) is 39.5 Å². The van der Waals surface area contributed by atoms with Crippen LogP contribution in [-0.4, -0.2) is 50.3 Å². The Labute approximate surface area is 137 Å². The molecule has 0 aliphatic carbocycles. The maximum absolute atomic E-state index is 5.91. The number of guanidine groups is 1. The molecule has 0 bridgehead atoms. The highest BCUT2D eigenvalue weighted by atomic mass is 127. The summed E-state index contributed by atoms with van der Waals surface area (Å²) in [6.07, 6.45) is 0. The number of halogens is 1. The monoisotopic (exact) mass is 391 g/mol. The van der Waals surface area contributed by atoms with Crippen LogP contribution in [0.25, 0.3) is 0 Å². The van der Waals surface area contributed by atoms with E-state index in [4.69, 9.17) is 15.2 Å². The van der Waals surface area contributed by atoms with Crippen molar-refractivity contribution in [3.05, 3.63) is 29.8 Å². The Morgan fingerprint density at radius 3 is 2.60 bits per heavy atom. The molecule has 0 atom stereocenters. The van der Waals surface area contributed by atoms with Crippen LogP contribution >= 0.6 is 24.0 Å². The number of hydrogen-bond acceptors (Lipinski definition) is 3. The van der Waals surface area contributed by atoms with Crippen molar-refractivity contribution in [1.82, 2.24) is 4.90 Å². The predicted molar refractivity (Wildman–Crippen MR) is 91.0 cm³/mol. The second-order valence-corrected chi connectivity index (χ2v) is 4.50. The standard InChI is InChI=1S/C14H21N3O2.HI/c1-12-2-4-13(5-3-12)19-9-6-16-14(15)17-7-10-18-11-8-17;/h2-5H,6-11H2,1H3,(H2,15,16);1H. The van der Waals surface area contributed by atoms with Gasteiger partial charge in [-0.2, -0.15) is 0 Å². The molecule has 1 aromatic rings. The van der Waals surface area contributed by atoms with E-state index in [-0.39, 0.29) is 24.0 Å². The minimum atomic E-state index is 0. The third kappa shape index (κ3) is 5.54. The first-order valence-electron chi connectivity index (χ1n) is 6.58. The molecule has 1 aliphatic rings. The molecule has 20 heavy (non-hydrogen) atoms. The Bertz CT molecular complexity index is 417. The molecule has 0 unspecified atom stereocenters. The maximum Gasteiger partial charge on any atom is 0.191 e. The molecule has 0 aromatic heterocycles. The second kappa shape index (κ2) is 9.02. The lowest BCUT2D eigenvalue weighted by atomic mass is 10.2. The van der Waals surface area contributed by atoms with Gasteiger partial charge in [0.15, 0.2) is 5.96 Å². The highest BCUT2D eigenvalue weighted by Gasteiger charge is 2.11. The average molecular weight is 391 g/mol. The minimum absolute atomic E-state index is 0. The highest BCUT2D eigenvalue weighted by molar-refractivity contribution is 14.0. The van der Waals surface area contributed by atoms with Crippen LogP contribution in [0.4, 0.5) is 0 Å². The molecule has 0 amide bonds. The fraction of sp³-hybridized carbons (Fsp3) is 0.500. The van der Waals surface area contributed by atoms with E-state index in [0.29, 0.717) is 19.1 Å². The number of aryl methyl sites for hydroxylation is 1. The van der Waals surface area contributed by atoms with Crippen LogP contribution in [0.1, 0.15) is 5.56 Å². The number of nitrogens with two attached hydrogens (primary N) is 1. The maximum atomic E-state index is 5.91. The first kappa shape index (κ1) is 17.0. The largest absolute Gasteiger partial charge is 0.492 e. The van der Waals surface area contributed by atoms with Gasteiger partial charge in [0.2, 0.25) is 0 Å². The van der Waals surface area contributed by atoms with Gasteiger partial charge in [0.05, 0.1) is 19.8 Å². The van der Waals surface area contributed by atoms with Crippen molar-refractivity contribution in [2.24, 2.45) is 10.7 Å². The summed E-state index contributed by atoms with van der Waals surface area (Å²) < 4.78 is 10.9. The molecule has 5 nitrogen and oxygen atoms in total. The molecule has 1 aromatic carbocycles. The highest BCUT2D eigenvalue weighted by Crippen LogP contribution is 2.10. The first-order valence-corrected chi connectivity index (χ1v) is 6.58. The van der Waals surface area contributed by atoms with E-state index in [2.05, 4.69) is 11.9 Å². The zero-order valence-corrected chi connectivity index (χ0v) is 14.1. The van der Waals surface area contributed by atoms with E-state index in [9.17, 15) is 0 Å². The van der Waals surface area contributed by atoms with Crippen molar-refractivity contribution in [2.45, 2.75) is 6.92 Å². The SMILES string of the molecule is Cc1ccc(OCCN=C(N)N2CCOCC2)cc1.I. The number of benzene rings is 1. The summed E-state index contributed by atoms with van der Waals surface area (Å²) in [6, 6.07) is 7.98. The van der Waals surface area contributed by atoms with Gasteiger partial charge in [0.25, 0.3) is 0 Å². The minimum Gasteiger partial charge on any atom is -0.492 e. The van der Waals surface area contributed by atoms with Crippen molar-refractivity contribution in [3.8, 4) is 5.75 Å². The van der Waals surface area contributed by atoms with Gasteiger partial charge in [0.1, 0.15) is 12.4 Å². The Morgan fingerprint density at radius 2 is 1.95 bits per heavy atom. The van der Waals surface area contributed by atoms with Gasteiger partial charge in [-0.05, 0) is 19.1 Å². The Hall–Kier alpha value is -1.02.